The quantitative estimate of drug-likeness (QED) is 0.285. The van der Waals surface area contributed by atoms with Gasteiger partial charge in [-0.2, -0.15) is 9.97 Å². The van der Waals surface area contributed by atoms with E-state index in [0.717, 1.165) is 0 Å². The molecule has 9 N–H and O–H groups in total. The number of anilines is 1. The summed E-state index contributed by atoms with van der Waals surface area (Å²) in [7, 11) is -3.53. The Morgan fingerprint density at radius 1 is 1.30 bits per heavy atom. The number of ether oxygens (including phenoxy) is 1. The van der Waals surface area contributed by atoms with Crippen LogP contribution in [0.4, 0.5) is 5.82 Å². The number of fused-ring (bicyclic) bond motifs is 1. The van der Waals surface area contributed by atoms with E-state index < -0.39 is 31.7 Å². The fourth-order valence-electron chi connectivity index (χ4n) is 2.26. The Morgan fingerprint density at radius 2 is 1.93 bits per heavy atom. The van der Waals surface area contributed by atoms with E-state index in [1.165, 1.54) is 6.33 Å². The molecule has 2 rings (SSSR count). The third-order valence-electron chi connectivity index (χ3n) is 3.66. The second kappa shape index (κ2) is 11.0. The van der Waals surface area contributed by atoms with E-state index in [1.54, 1.807) is 32.4 Å². The molecule has 0 aliphatic rings. The lowest BCUT2D eigenvalue weighted by atomic mass is 9.97. The minimum Gasteiger partial charge on any atom is -0.790 e. The third kappa shape index (κ3) is 7.76. The lowest BCUT2D eigenvalue weighted by Crippen LogP contribution is -2.29. The van der Waals surface area contributed by atoms with Crippen LogP contribution < -0.4 is 27.4 Å². The molecular formula is C15H29ClN7O6P. The number of nitrogens with one attached hydrogen (secondary N) is 1. The molecule has 0 spiro atoms. The molecule has 1 unspecified atom stereocenters. The fraction of sp³-hybridized carbons (Fsp3) is 0.600. The highest BCUT2D eigenvalue weighted by molar-refractivity contribution is 7.43. The smallest absolute Gasteiger partial charge is 0.311 e. The van der Waals surface area contributed by atoms with Gasteiger partial charge in [-0.15, -0.1) is 0 Å². The fourth-order valence-corrected chi connectivity index (χ4v) is 2.82. The molecule has 172 valence electrons. The largest absolute Gasteiger partial charge is 0.790 e. The Hall–Kier alpha value is -1.86. The second-order valence-electron chi connectivity index (χ2n) is 7.12. The van der Waals surface area contributed by atoms with Gasteiger partial charge in [0.15, 0.2) is 17.0 Å². The van der Waals surface area contributed by atoms with Gasteiger partial charge in [0.1, 0.15) is 0 Å². The minimum atomic E-state index is -5.18. The number of nitrogens with zero attached hydrogens (tertiary/aromatic N) is 4. The van der Waals surface area contributed by atoms with Gasteiger partial charge < -0.3 is 45.8 Å². The Labute approximate surface area is 178 Å². The lowest BCUT2D eigenvalue weighted by Gasteiger charge is -2.31. The molecule has 0 saturated carbocycles. The molecule has 0 aliphatic heterocycles. The van der Waals surface area contributed by atoms with Crippen molar-refractivity contribution >= 4 is 42.4 Å². The van der Waals surface area contributed by atoms with Crippen molar-refractivity contribution in [3.8, 4) is 0 Å². The van der Waals surface area contributed by atoms with Crippen molar-refractivity contribution in [2.24, 2.45) is 11.3 Å². The molecule has 0 fully saturated rings. The van der Waals surface area contributed by atoms with E-state index in [0.29, 0.717) is 17.0 Å². The van der Waals surface area contributed by atoms with Crippen molar-refractivity contribution in [1.82, 2.24) is 31.8 Å². The summed E-state index contributed by atoms with van der Waals surface area (Å²) in [6, 6.07) is 0. The first-order valence-corrected chi connectivity index (χ1v) is 10.1. The zero-order chi connectivity index (χ0) is 21.1. The third-order valence-corrected chi connectivity index (χ3v) is 4.29. The molecule has 0 bridgehead atoms. The van der Waals surface area contributed by atoms with Crippen molar-refractivity contribution in [1.29, 1.82) is 0 Å². The zero-order valence-electron chi connectivity index (χ0n) is 17.8. The number of imidazole rings is 1. The number of phosphoric acid groups is 1. The maximum Gasteiger partial charge on any atom is 0.311 e. The topological polar surface area (TPSA) is 227 Å². The van der Waals surface area contributed by atoms with Crippen molar-refractivity contribution in [3.05, 3.63) is 11.6 Å². The van der Waals surface area contributed by atoms with Gasteiger partial charge in [-0.25, -0.2) is 4.98 Å². The molecule has 0 aliphatic carbocycles. The summed E-state index contributed by atoms with van der Waals surface area (Å²) in [4.78, 5) is 46.1. The summed E-state index contributed by atoms with van der Waals surface area (Å²) in [6.07, 6.45) is 1.46. The Bertz CT molecular complexity index is 897. The Balaban J connectivity index is 0.00000420. The van der Waals surface area contributed by atoms with Crippen LogP contribution in [0.3, 0.4) is 0 Å². The van der Waals surface area contributed by atoms with Crippen LogP contribution in [0, 0.1) is 11.3 Å². The number of halogens is 1. The van der Waals surface area contributed by atoms with Crippen LogP contribution in [0.1, 0.15) is 20.8 Å². The number of quaternary nitrogens is 2. The van der Waals surface area contributed by atoms with E-state index in [-0.39, 0.29) is 30.7 Å². The maximum absolute atomic E-state index is 12.0. The number of carbonyl (C=O) groups excluding carboxylic acids is 1. The zero-order valence-corrected chi connectivity index (χ0v) is 19.5. The van der Waals surface area contributed by atoms with E-state index in [4.69, 9.17) is 16.3 Å². The normalized spacial score (nSPS) is 12.6. The van der Waals surface area contributed by atoms with Crippen molar-refractivity contribution in [2.75, 3.05) is 25.6 Å². The van der Waals surface area contributed by atoms with E-state index >= 15 is 0 Å². The van der Waals surface area contributed by atoms with Gasteiger partial charge >= 0.3 is 5.97 Å². The van der Waals surface area contributed by atoms with Crippen LogP contribution in [0.2, 0.25) is 5.28 Å². The number of aromatic nitrogens is 4. The first-order valence-electron chi connectivity index (χ1n) is 8.30. The summed E-state index contributed by atoms with van der Waals surface area (Å²) < 4.78 is 22.1. The van der Waals surface area contributed by atoms with Crippen LogP contribution in [0.5, 0.6) is 0 Å². The molecule has 2 aromatic rings. The van der Waals surface area contributed by atoms with Gasteiger partial charge in [-0.3, -0.25) is 4.79 Å². The second-order valence-corrected chi connectivity index (χ2v) is 8.61. The number of esters is 1. The Morgan fingerprint density at radius 3 is 2.47 bits per heavy atom. The van der Waals surface area contributed by atoms with Gasteiger partial charge in [-0.1, -0.05) is 0 Å². The molecule has 2 aromatic heterocycles. The first-order chi connectivity index (χ1) is 12.9. The van der Waals surface area contributed by atoms with Crippen LogP contribution >= 0.6 is 19.4 Å². The molecular weight excluding hydrogens is 441 g/mol. The number of phosphoric ester groups is 1. The van der Waals surface area contributed by atoms with Crippen LogP contribution in [0.15, 0.2) is 6.33 Å². The Kier molecular flexibility index (Phi) is 10.3. The molecule has 2 heterocycles. The van der Waals surface area contributed by atoms with Gasteiger partial charge in [0, 0.05) is 19.5 Å². The number of carbonyl (C=O) groups is 1. The predicted molar refractivity (Wildman–Crippen MR) is 109 cm³/mol. The summed E-state index contributed by atoms with van der Waals surface area (Å²) in [5.74, 6) is -0.695. The molecule has 0 saturated heterocycles. The number of hydrogen-bond acceptors (Lipinski definition) is 10. The highest BCUT2D eigenvalue weighted by Crippen LogP contribution is 2.27. The predicted octanol–water partition coefficient (Wildman–Crippen LogP) is 1.32. The van der Waals surface area contributed by atoms with Crippen LogP contribution in [0.25, 0.3) is 11.2 Å². The van der Waals surface area contributed by atoms with Gasteiger partial charge in [0.05, 0.1) is 32.8 Å². The molecule has 0 amide bonds. The number of rotatable bonds is 8. The maximum atomic E-state index is 12.0. The molecule has 15 heteroatoms. The molecule has 0 aromatic carbocycles. The lowest BCUT2D eigenvalue weighted by molar-refractivity contribution is -0.342. The molecule has 13 nitrogen and oxygen atoms in total. The summed E-state index contributed by atoms with van der Waals surface area (Å²) in [6.45, 7) is 4.56. The van der Waals surface area contributed by atoms with Gasteiger partial charge in [0.25, 0.3) is 0 Å². The summed E-state index contributed by atoms with van der Waals surface area (Å²) in [5, 5.41) is 2.85. The van der Waals surface area contributed by atoms with Crippen molar-refractivity contribution in [3.63, 3.8) is 0 Å². The van der Waals surface area contributed by atoms with E-state index in [2.05, 4.69) is 24.8 Å². The summed E-state index contributed by atoms with van der Waals surface area (Å²) >= 11 is 5.93. The van der Waals surface area contributed by atoms with E-state index in [1.807, 2.05) is 0 Å². The van der Waals surface area contributed by atoms with E-state index in [9.17, 15) is 19.1 Å². The van der Waals surface area contributed by atoms with Crippen LogP contribution in [-0.4, -0.2) is 45.7 Å². The van der Waals surface area contributed by atoms with Crippen LogP contribution in [-0.2, 0) is 25.2 Å². The molecule has 1 atom stereocenters. The monoisotopic (exact) mass is 469 g/mol. The minimum absolute atomic E-state index is 0. The first kappa shape index (κ1) is 28.1. The standard InChI is InChI=1S/C15H23ClN5O6P.2H3N/c1-15(2,3)13(22)26-6-9(7-27-28(23,24)25)5-21-8-18-10-11(17-4)19-14(16)20-12(10)21;;/h8-9H,5-7H2,1-4H3,(H,17,19,20)(H2,23,24,25);2*1H3. The highest BCUT2D eigenvalue weighted by Gasteiger charge is 2.25. The van der Waals surface area contributed by atoms with Crippen molar-refractivity contribution < 1.29 is 28.4 Å². The molecule has 30 heavy (non-hydrogen) atoms. The average molecular weight is 470 g/mol. The van der Waals surface area contributed by atoms with Gasteiger partial charge in [-0.05, 0) is 32.4 Å². The summed E-state index contributed by atoms with van der Waals surface area (Å²) in [5.41, 5.74) is 0.113. The number of hydrogen-bond donors (Lipinski definition) is 3. The molecule has 0 radical (unpaired) electrons. The average Bonchev–Trinajstić information content (AvgIpc) is 2.97. The SMILES string of the molecule is CNc1nc(Cl)nc2c1ncn2CC(COC(=O)C(C)(C)C)COP(=O)([O-])[O-].[NH4+].[NH4+]. The van der Waals surface area contributed by atoms with Gasteiger partial charge in [0.2, 0.25) is 5.28 Å². The van der Waals surface area contributed by atoms with Crippen molar-refractivity contribution in [2.45, 2.75) is 27.3 Å². The highest BCUT2D eigenvalue weighted by atomic mass is 35.5.